The number of esters is 1. The number of benzene rings is 2. The van der Waals surface area contributed by atoms with Gasteiger partial charge in [-0.3, -0.25) is 14.4 Å². The van der Waals surface area contributed by atoms with E-state index in [0.29, 0.717) is 30.5 Å². The summed E-state index contributed by atoms with van der Waals surface area (Å²) < 4.78 is 10.1. The maximum atomic E-state index is 12.7. The Morgan fingerprint density at radius 3 is 2.29 bits per heavy atom. The predicted octanol–water partition coefficient (Wildman–Crippen LogP) is 2.17. The maximum absolute atomic E-state index is 12.7. The SMILES string of the molecule is O=C(O)CC(NC(=O)OCc1ccccc1)C(=O)COC(=O)C1CCCN1C(=O)c1ccccc1. The topological polar surface area (TPSA) is 139 Å². The quantitative estimate of drug-likeness (QED) is 0.491. The highest BCUT2D eigenvalue weighted by Crippen LogP contribution is 2.21. The average molecular weight is 482 g/mol. The van der Waals surface area contributed by atoms with E-state index in [9.17, 15) is 24.0 Å². The fourth-order valence-corrected chi connectivity index (χ4v) is 3.67. The molecule has 1 aliphatic heterocycles. The molecule has 3 rings (SSSR count). The molecule has 2 atom stereocenters. The number of rotatable bonds is 10. The third kappa shape index (κ3) is 7.39. The van der Waals surface area contributed by atoms with Gasteiger partial charge in [-0.1, -0.05) is 48.5 Å². The van der Waals surface area contributed by atoms with Crippen LogP contribution in [0, 0.1) is 0 Å². The van der Waals surface area contributed by atoms with Crippen molar-refractivity contribution in [2.24, 2.45) is 0 Å². The maximum Gasteiger partial charge on any atom is 0.408 e. The van der Waals surface area contributed by atoms with Crippen LogP contribution in [0.1, 0.15) is 35.2 Å². The van der Waals surface area contributed by atoms with Gasteiger partial charge < -0.3 is 24.8 Å². The van der Waals surface area contributed by atoms with Crippen molar-refractivity contribution < 1.29 is 38.6 Å². The molecule has 2 unspecified atom stereocenters. The molecule has 2 N–H and O–H groups in total. The Kier molecular flexibility index (Phi) is 8.94. The summed E-state index contributed by atoms with van der Waals surface area (Å²) in [5, 5.41) is 11.3. The highest BCUT2D eigenvalue weighted by atomic mass is 16.6. The lowest BCUT2D eigenvalue weighted by atomic mass is 10.1. The Labute approximate surface area is 201 Å². The Morgan fingerprint density at radius 1 is 0.971 bits per heavy atom. The fraction of sp³-hybridized carbons (Fsp3) is 0.320. The molecule has 0 radical (unpaired) electrons. The van der Waals surface area contributed by atoms with E-state index >= 15 is 0 Å². The van der Waals surface area contributed by atoms with Crippen LogP contribution in [-0.4, -0.2) is 65.0 Å². The molecule has 0 spiro atoms. The van der Waals surface area contributed by atoms with Gasteiger partial charge in [0.1, 0.15) is 18.7 Å². The number of ketones is 1. The molecular weight excluding hydrogens is 456 g/mol. The van der Waals surface area contributed by atoms with Crippen LogP contribution in [0.25, 0.3) is 0 Å². The van der Waals surface area contributed by atoms with Gasteiger partial charge in [0.25, 0.3) is 5.91 Å². The molecule has 1 saturated heterocycles. The van der Waals surface area contributed by atoms with Crippen LogP contribution >= 0.6 is 0 Å². The number of carbonyl (C=O) groups is 5. The molecule has 1 aliphatic rings. The van der Waals surface area contributed by atoms with E-state index in [1.54, 1.807) is 60.7 Å². The number of aliphatic carboxylic acids is 1. The van der Waals surface area contributed by atoms with Crippen LogP contribution in [0.5, 0.6) is 0 Å². The van der Waals surface area contributed by atoms with Crippen LogP contribution in [0.3, 0.4) is 0 Å². The molecule has 2 aromatic carbocycles. The summed E-state index contributed by atoms with van der Waals surface area (Å²) in [6.45, 7) is -0.444. The predicted molar refractivity (Wildman–Crippen MR) is 122 cm³/mol. The monoisotopic (exact) mass is 482 g/mol. The molecule has 10 heteroatoms. The number of nitrogens with one attached hydrogen (secondary N) is 1. The second kappa shape index (κ2) is 12.3. The number of ether oxygens (including phenoxy) is 2. The number of carboxylic acid groups (broad SMARTS) is 1. The number of alkyl carbamates (subject to hydrolysis) is 1. The zero-order valence-electron chi connectivity index (χ0n) is 18.9. The van der Waals surface area contributed by atoms with E-state index < -0.39 is 48.9 Å². The van der Waals surface area contributed by atoms with Crippen LogP contribution in [0.2, 0.25) is 0 Å². The lowest BCUT2D eigenvalue weighted by molar-refractivity contribution is -0.152. The number of likely N-dealkylation sites (tertiary alicyclic amines) is 1. The Balaban J connectivity index is 1.54. The van der Waals surface area contributed by atoms with Crippen molar-refractivity contribution in [1.82, 2.24) is 10.2 Å². The van der Waals surface area contributed by atoms with Crippen LogP contribution in [0.4, 0.5) is 4.79 Å². The second-order valence-corrected chi connectivity index (χ2v) is 7.95. The van der Waals surface area contributed by atoms with Crippen molar-refractivity contribution in [1.29, 1.82) is 0 Å². The standard InChI is InChI=1S/C25H26N2O8/c28-21(19(14-22(29)30)26-25(33)35-15-17-8-3-1-4-9-17)16-34-24(32)20-12-7-13-27(20)23(31)18-10-5-2-6-11-18/h1-6,8-11,19-20H,7,12-16H2,(H,26,33)(H,29,30). The Bertz CT molecular complexity index is 1060. The number of nitrogens with zero attached hydrogens (tertiary/aromatic N) is 1. The van der Waals surface area contributed by atoms with E-state index in [-0.39, 0.29) is 12.5 Å². The normalized spacial score (nSPS) is 15.7. The third-order valence-electron chi connectivity index (χ3n) is 5.44. The third-order valence-corrected chi connectivity index (χ3v) is 5.44. The van der Waals surface area contributed by atoms with Crippen LogP contribution < -0.4 is 5.32 Å². The number of hydrogen-bond donors (Lipinski definition) is 2. The van der Waals surface area contributed by atoms with E-state index in [1.165, 1.54) is 4.90 Å². The van der Waals surface area contributed by atoms with Gasteiger partial charge in [0, 0.05) is 12.1 Å². The highest BCUT2D eigenvalue weighted by molar-refractivity contribution is 5.97. The highest BCUT2D eigenvalue weighted by Gasteiger charge is 2.36. The molecule has 0 aliphatic carbocycles. The average Bonchev–Trinajstić information content (AvgIpc) is 3.36. The molecule has 0 saturated carbocycles. The first-order chi connectivity index (χ1) is 16.8. The summed E-state index contributed by atoms with van der Waals surface area (Å²) in [5.74, 6) is -3.21. The zero-order chi connectivity index (χ0) is 25.2. The van der Waals surface area contributed by atoms with E-state index in [0.717, 1.165) is 0 Å². The van der Waals surface area contributed by atoms with Crippen molar-refractivity contribution in [2.45, 2.75) is 38.0 Å². The van der Waals surface area contributed by atoms with Crippen LogP contribution in [0.15, 0.2) is 60.7 Å². The van der Waals surface area contributed by atoms with Gasteiger partial charge in [0.05, 0.1) is 6.42 Å². The summed E-state index contributed by atoms with van der Waals surface area (Å²) in [5.41, 5.74) is 1.15. The van der Waals surface area contributed by atoms with Gasteiger partial charge >= 0.3 is 18.0 Å². The van der Waals surface area contributed by atoms with Crippen molar-refractivity contribution in [3.8, 4) is 0 Å². The Morgan fingerprint density at radius 2 is 1.63 bits per heavy atom. The first-order valence-electron chi connectivity index (χ1n) is 11.1. The fourth-order valence-electron chi connectivity index (χ4n) is 3.67. The molecule has 184 valence electrons. The number of hydrogen-bond acceptors (Lipinski definition) is 7. The minimum atomic E-state index is -1.45. The van der Waals surface area contributed by atoms with Crippen molar-refractivity contribution in [2.75, 3.05) is 13.2 Å². The van der Waals surface area contributed by atoms with Crippen molar-refractivity contribution in [3.63, 3.8) is 0 Å². The summed E-state index contributed by atoms with van der Waals surface area (Å²) in [7, 11) is 0. The van der Waals surface area contributed by atoms with Crippen LogP contribution in [-0.2, 0) is 30.5 Å². The summed E-state index contributed by atoms with van der Waals surface area (Å²) >= 11 is 0. The first kappa shape index (κ1) is 25.4. The zero-order valence-corrected chi connectivity index (χ0v) is 18.9. The summed E-state index contributed by atoms with van der Waals surface area (Å²) in [6, 6.07) is 15.0. The number of carbonyl (C=O) groups excluding carboxylic acids is 4. The van der Waals surface area contributed by atoms with Gasteiger partial charge in [-0.15, -0.1) is 0 Å². The van der Waals surface area contributed by atoms with E-state index in [4.69, 9.17) is 14.6 Å². The molecule has 0 bridgehead atoms. The first-order valence-corrected chi connectivity index (χ1v) is 11.1. The van der Waals surface area contributed by atoms with Gasteiger partial charge in [-0.05, 0) is 30.5 Å². The Hall–Kier alpha value is -4.21. The van der Waals surface area contributed by atoms with Gasteiger partial charge in [0.15, 0.2) is 12.4 Å². The van der Waals surface area contributed by atoms with Gasteiger partial charge in [0.2, 0.25) is 0 Å². The second-order valence-electron chi connectivity index (χ2n) is 7.95. The molecule has 10 nitrogen and oxygen atoms in total. The van der Waals surface area contributed by atoms with Gasteiger partial charge in [-0.2, -0.15) is 0 Å². The molecule has 2 aromatic rings. The molecule has 1 heterocycles. The van der Waals surface area contributed by atoms with Crippen molar-refractivity contribution in [3.05, 3.63) is 71.8 Å². The lowest BCUT2D eigenvalue weighted by Crippen LogP contribution is -2.46. The molecule has 1 fully saturated rings. The van der Waals surface area contributed by atoms with E-state index in [1.807, 2.05) is 0 Å². The minimum absolute atomic E-state index is 0.0669. The number of amides is 2. The number of Topliss-reactive ketones (excluding diaryl/α,β-unsaturated/α-hetero) is 1. The molecule has 0 aromatic heterocycles. The molecule has 2 amide bonds. The smallest absolute Gasteiger partial charge is 0.408 e. The van der Waals surface area contributed by atoms with Gasteiger partial charge in [-0.25, -0.2) is 9.59 Å². The lowest BCUT2D eigenvalue weighted by Gasteiger charge is -2.23. The molecule has 35 heavy (non-hydrogen) atoms. The largest absolute Gasteiger partial charge is 0.481 e. The number of carboxylic acids is 1. The van der Waals surface area contributed by atoms with E-state index in [2.05, 4.69) is 5.32 Å². The molecular formula is C25H26N2O8. The minimum Gasteiger partial charge on any atom is -0.481 e. The van der Waals surface area contributed by atoms with Crippen molar-refractivity contribution >= 4 is 29.7 Å². The summed E-state index contributed by atoms with van der Waals surface area (Å²) in [4.78, 5) is 62.6. The summed E-state index contributed by atoms with van der Waals surface area (Å²) in [6.07, 6.45) is -0.703.